The Hall–Kier alpha value is -1.05. The molecule has 0 atom stereocenters. The topological polar surface area (TPSA) is 102 Å². The number of rotatable bonds is 2. The zero-order chi connectivity index (χ0) is 10.8. The van der Waals surface area contributed by atoms with E-state index in [1.54, 1.807) is 17.8 Å². The molecule has 0 spiro atoms. The number of anilines is 1. The summed E-state index contributed by atoms with van der Waals surface area (Å²) in [5.41, 5.74) is 6.20. The Morgan fingerprint density at radius 3 is 2.88 bits per heavy atom. The van der Waals surface area contributed by atoms with Crippen LogP contribution in [0.3, 0.4) is 0 Å². The second kappa shape index (κ2) is 5.33. The lowest BCUT2D eigenvalue weighted by molar-refractivity contribution is 0.368. The first kappa shape index (κ1) is 13.0. The molecule has 2 rings (SSSR count). The zero-order valence-electron chi connectivity index (χ0n) is 8.85. The lowest BCUT2D eigenvalue weighted by atomic mass is 10.4. The van der Waals surface area contributed by atoms with Crippen LogP contribution in [0.5, 0.6) is 0 Å². The Morgan fingerprint density at radius 1 is 1.56 bits per heavy atom. The summed E-state index contributed by atoms with van der Waals surface area (Å²) >= 11 is 7.41. The number of nitrogens with two attached hydrogens (primary N) is 1. The molecule has 6 nitrogen and oxygen atoms in total. The zero-order valence-corrected chi connectivity index (χ0v) is 10.4. The highest BCUT2D eigenvalue weighted by atomic mass is 35.5. The van der Waals surface area contributed by atoms with Crippen molar-refractivity contribution in [1.29, 1.82) is 0 Å². The molecule has 0 aromatic carbocycles. The molecule has 1 aliphatic rings. The van der Waals surface area contributed by atoms with Crippen LogP contribution in [0, 0.1) is 0 Å². The number of nitrogen functional groups attached to an aromatic ring is 1. The van der Waals surface area contributed by atoms with Gasteiger partial charge in [0.15, 0.2) is 0 Å². The Morgan fingerprint density at radius 2 is 2.31 bits per heavy atom. The molecule has 1 aromatic rings. The fraction of sp³-hybridized carbons (Fsp3) is 0.375. The fourth-order valence-corrected chi connectivity index (χ4v) is 2.28. The first-order valence-electron chi connectivity index (χ1n) is 4.46. The minimum atomic E-state index is 0. The van der Waals surface area contributed by atoms with Crippen LogP contribution in [-0.4, -0.2) is 32.4 Å². The van der Waals surface area contributed by atoms with Crippen LogP contribution in [0.15, 0.2) is 11.2 Å². The number of thioether (sulfide) groups is 1. The number of halogens is 1. The lowest BCUT2D eigenvalue weighted by Gasteiger charge is -2.06. The molecule has 0 unspecified atom stereocenters. The van der Waals surface area contributed by atoms with Crippen molar-refractivity contribution in [2.75, 3.05) is 18.2 Å². The van der Waals surface area contributed by atoms with Gasteiger partial charge >= 0.3 is 0 Å². The van der Waals surface area contributed by atoms with Gasteiger partial charge < -0.3 is 11.9 Å². The summed E-state index contributed by atoms with van der Waals surface area (Å²) in [6.45, 7) is 2.93. The van der Waals surface area contributed by atoms with Gasteiger partial charge in [0.1, 0.15) is 15.9 Å². The smallest absolute Gasteiger partial charge is 0.222 e. The van der Waals surface area contributed by atoms with Crippen molar-refractivity contribution in [3.05, 3.63) is 16.9 Å². The Kier molecular flexibility index (Phi) is 4.34. The summed E-state index contributed by atoms with van der Waals surface area (Å²) in [6, 6.07) is 1.67. The van der Waals surface area contributed by atoms with Crippen molar-refractivity contribution >= 4 is 34.4 Å². The maximum absolute atomic E-state index is 5.79. The van der Waals surface area contributed by atoms with E-state index in [0.29, 0.717) is 10.8 Å². The number of nitrogens with zero attached hydrogens (tertiary/aromatic N) is 4. The van der Waals surface area contributed by atoms with Crippen molar-refractivity contribution in [1.82, 2.24) is 21.1 Å². The van der Waals surface area contributed by atoms with Gasteiger partial charge in [-0.25, -0.2) is 9.97 Å². The number of hydrogen-bond donors (Lipinski definition) is 2. The Balaban J connectivity index is 0.00000128. The first-order chi connectivity index (χ1) is 7.19. The normalized spacial score (nSPS) is 14.6. The van der Waals surface area contributed by atoms with Crippen molar-refractivity contribution in [3.8, 4) is 0 Å². The molecule has 0 aliphatic carbocycles. The molecule has 0 saturated carbocycles. The third-order valence-electron chi connectivity index (χ3n) is 1.88. The maximum atomic E-state index is 5.79. The molecule has 5 N–H and O–H groups in total. The lowest BCUT2D eigenvalue weighted by Crippen LogP contribution is -2.10. The molecule has 8 heteroatoms. The average Bonchev–Trinajstić information content (AvgIpc) is 2.64. The second-order valence-corrected chi connectivity index (χ2v) is 4.26. The van der Waals surface area contributed by atoms with E-state index in [1.165, 1.54) is 0 Å². The minimum absolute atomic E-state index is 0. The summed E-state index contributed by atoms with van der Waals surface area (Å²) < 4.78 is 0. The van der Waals surface area contributed by atoms with E-state index in [2.05, 4.69) is 15.1 Å². The van der Waals surface area contributed by atoms with E-state index in [4.69, 9.17) is 17.3 Å². The summed E-state index contributed by atoms with van der Waals surface area (Å²) in [4.78, 5) is 7.89. The highest BCUT2D eigenvalue weighted by molar-refractivity contribution is 8.14. The van der Waals surface area contributed by atoms with Crippen molar-refractivity contribution < 1.29 is 0 Å². The van der Waals surface area contributed by atoms with Gasteiger partial charge in [0.05, 0.1) is 5.88 Å². The molecule has 1 aromatic heterocycles. The largest absolute Gasteiger partial charge is 0.368 e. The van der Waals surface area contributed by atoms with E-state index in [0.717, 1.165) is 17.5 Å². The fourth-order valence-electron chi connectivity index (χ4n) is 1.15. The van der Waals surface area contributed by atoms with Crippen LogP contribution in [0.2, 0.25) is 5.15 Å². The summed E-state index contributed by atoms with van der Waals surface area (Å²) in [5.74, 6) is 1.02. The summed E-state index contributed by atoms with van der Waals surface area (Å²) in [6.07, 6.45) is 0. The van der Waals surface area contributed by atoms with E-state index in [-0.39, 0.29) is 12.1 Å². The Labute approximate surface area is 103 Å². The number of hydrazone groups is 1. The number of aromatic nitrogens is 2. The predicted molar refractivity (Wildman–Crippen MR) is 67.9 cm³/mol. The second-order valence-electron chi connectivity index (χ2n) is 2.94. The average molecular weight is 261 g/mol. The van der Waals surface area contributed by atoms with Crippen molar-refractivity contribution in [2.45, 2.75) is 6.92 Å². The molecule has 88 valence electrons. The molecule has 0 saturated heterocycles. The quantitative estimate of drug-likeness (QED) is 0.783. The molecule has 0 fully saturated rings. The van der Waals surface area contributed by atoms with Crippen LogP contribution in [0.25, 0.3) is 0 Å². The van der Waals surface area contributed by atoms with Gasteiger partial charge in [-0.1, -0.05) is 23.4 Å². The van der Waals surface area contributed by atoms with Gasteiger partial charge in [-0.15, -0.1) is 0 Å². The van der Waals surface area contributed by atoms with Crippen LogP contribution in [0.4, 0.5) is 5.95 Å². The standard InChI is InChI=1S/C8H10ClN5S.H3N/c1-2-14-4-15-7(13-14)5-3-6(9)12-8(10)11-5;/h3H,2,4H2,1H3,(H2,10,11,12);1H3. The van der Waals surface area contributed by atoms with E-state index >= 15 is 0 Å². The van der Waals surface area contributed by atoms with Gasteiger partial charge in [-0.05, 0) is 6.92 Å². The third kappa shape index (κ3) is 2.75. The van der Waals surface area contributed by atoms with Crippen molar-refractivity contribution in [3.63, 3.8) is 0 Å². The monoisotopic (exact) mass is 260 g/mol. The molecular weight excluding hydrogens is 248 g/mol. The van der Waals surface area contributed by atoms with Crippen LogP contribution < -0.4 is 11.9 Å². The van der Waals surface area contributed by atoms with Crippen LogP contribution in [-0.2, 0) is 0 Å². The molecule has 0 radical (unpaired) electrons. The Bertz CT molecular complexity index is 389. The van der Waals surface area contributed by atoms with E-state index < -0.39 is 0 Å². The summed E-state index contributed by atoms with van der Waals surface area (Å²) in [5, 5.41) is 7.50. The van der Waals surface area contributed by atoms with Gasteiger partial charge in [0.25, 0.3) is 0 Å². The third-order valence-corrected chi connectivity index (χ3v) is 3.06. The first-order valence-corrected chi connectivity index (χ1v) is 5.82. The minimum Gasteiger partial charge on any atom is -0.368 e. The van der Waals surface area contributed by atoms with Gasteiger partial charge in [-0.2, -0.15) is 5.10 Å². The van der Waals surface area contributed by atoms with E-state index in [9.17, 15) is 0 Å². The SMILES string of the molecule is CCN1CSC(c2cc(Cl)nc(N)n2)=N1.N. The van der Waals surface area contributed by atoms with Crippen molar-refractivity contribution in [2.24, 2.45) is 5.10 Å². The maximum Gasteiger partial charge on any atom is 0.222 e. The molecule has 1 aliphatic heterocycles. The van der Waals surface area contributed by atoms with Crippen LogP contribution in [0.1, 0.15) is 12.6 Å². The highest BCUT2D eigenvalue weighted by Gasteiger charge is 2.17. The van der Waals surface area contributed by atoms with Gasteiger partial charge in [0, 0.05) is 12.6 Å². The predicted octanol–water partition coefficient (Wildman–Crippen LogP) is 1.56. The molecule has 0 amide bonds. The summed E-state index contributed by atoms with van der Waals surface area (Å²) in [7, 11) is 0. The molecule has 16 heavy (non-hydrogen) atoms. The van der Waals surface area contributed by atoms with Gasteiger partial charge in [-0.3, -0.25) is 5.01 Å². The molecule has 2 heterocycles. The highest BCUT2D eigenvalue weighted by Crippen LogP contribution is 2.22. The molecular formula is C8H13ClN6S. The van der Waals surface area contributed by atoms with Crippen LogP contribution >= 0.6 is 23.4 Å². The van der Waals surface area contributed by atoms with Gasteiger partial charge in [0.2, 0.25) is 5.95 Å². The number of hydrogen-bond acceptors (Lipinski definition) is 7. The van der Waals surface area contributed by atoms with E-state index in [1.807, 2.05) is 11.9 Å². The molecule has 0 bridgehead atoms.